The molecule has 1 fully saturated rings. The number of phenolic OH excluding ortho intramolecular Hbond substituents is 1. The smallest absolute Gasteiger partial charge is 0.122 e. The van der Waals surface area contributed by atoms with Gasteiger partial charge >= 0.3 is 0 Å². The molecule has 0 atom stereocenters. The first-order chi connectivity index (χ1) is 18.5. The van der Waals surface area contributed by atoms with Crippen molar-refractivity contribution in [2.45, 2.75) is 65.3 Å². The van der Waals surface area contributed by atoms with Crippen LogP contribution in [-0.4, -0.2) is 54.2 Å². The zero-order chi connectivity index (χ0) is 26.7. The number of aromatic hydroxyl groups is 1. The summed E-state index contributed by atoms with van der Waals surface area (Å²) in [7, 11) is 0. The fourth-order valence-corrected chi connectivity index (χ4v) is 5.64. The van der Waals surface area contributed by atoms with Crippen molar-refractivity contribution in [1.82, 2.24) is 9.80 Å². The summed E-state index contributed by atoms with van der Waals surface area (Å²) < 4.78 is 6.02. The first-order valence-corrected chi connectivity index (χ1v) is 14.5. The zero-order valence-electron chi connectivity index (χ0n) is 24.1. The molecule has 1 saturated heterocycles. The summed E-state index contributed by atoms with van der Waals surface area (Å²) in [5.74, 6) is 1.30. The number of nitrogens with zero attached hydrogens (tertiary/aromatic N) is 2. The van der Waals surface area contributed by atoms with Gasteiger partial charge in [0.05, 0.1) is 12.6 Å². The fourth-order valence-electron chi connectivity index (χ4n) is 5.64. The minimum atomic E-state index is 0. The average molecular weight is 551 g/mol. The molecule has 1 aliphatic rings. The SMILES string of the molecule is Cc1cc(OCCCCCCCCN2CCN(C(c3ccccc3)c3ccccc3)CC2)c(C)c(C)c1O.Cl. The molecule has 1 N–H and O–H groups in total. The zero-order valence-corrected chi connectivity index (χ0v) is 24.9. The van der Waals surface area contributed by atoms with Crippen molar-refractivity contribution in [2.75, 3.05) is 39.3 Å². The maximum atomic E-state index is 10.1. The van der Waals surface area contributed by atoms with Crippen molar-refractivity contribution in [3.05, 3.63) is 94.5 Å². The molecule has 3 aromatic rings. The van der Waals surface area contributed by atoms with Gasteiger partial charge in [-0.1, -0.05) is 86.3 Å². The second-order valence-corrected chi connectivity index (χ2v) is 10.9. The molecule has 0 radical (unpaired) electrons. The number of hydrogen-bond donors (Lipinski definition) is 1. The number of benzene rings is 3. The molecule has 0 aromatic heterocycles. The number of aryl methyl sites for hydroxylation is 1. The van der Waals surface area contributed by atoms with Gasteiger partial charge in [-0.25, -0.2) is 0 Å². The molecule has 3 aromatic carbocycles. The van der Waals surface area contributed by atoms with E-state index in [1.807, 2.05) is 26.8 Å². The highest BCUT2D eigenvalue weighted by Crippen LogP contribution is 2.32. The molecule has 0 spiro atoms. The normalized spacial score (nSPS) is 14.4. The van der Waals surface area contributed by atoms with E-state index in [1.165, 1.54) is 49.8 Å². The third-order valence-electron chi connectivity index (χ3n) is 8.14. The van der Waals surface area contributed by atoms with Crippen molar-refractivity contribution in [3.63, 3.8) is 0 Å². The largest absolute Gasteiger partial charge is 0.507 e. The lowest BCUT2D eigenvalue weighted by Crippen LogP contribution is -2.48. The lowest BCUT2D eigenvalue weighted by molar-refractivity contribution is 0.108. The van der Waals surface area contributed by atoms with Gasteiger partial charge < -0.3 is 14.7 Å². The summed E-state index contributed by atoms with van der Waals surface area (Å²) >= 11 is 0. The molecule has 0 bridgehead atoms. The van der Waals surface area contributed by atoms with E-state index >= 15 is 0 Å². The van der Waals surface area contributed by atoms with Gasteiger partial charge in [-0.3, -0.25) is 4.90 Å². The molecule has 0 aliphatic carbocycles. The van der Waals surface area contributed by atoms with E-state index in [9.17, 15) is 5.11 Å². The Labute approximate surface area is 242 Å². The van der Waals surface area contributed by atoms with Crippen molar-refractivity contribution in [3.8, 4) is 11.5 Å². The molecule has 1 aliphatic heterocycles. The summed E-state index contributed by atoms with van der Waals surface area (Å²) in [6, 6.07) is 24.2. The lowest BCUT2D eigenvalue weighted by atomic mass is 9.96. The predicted molar refractivity (Wildman–Crippen MR) is 166 cm³/mol. The van der Waals surface area contributed by atoms with E-state index in [4.69, 9.17) is 4.74 Å². The fraction of sp³-hybridized carbons (Fsp3) is 0.471. The van der Waals surface area contributed by atoms with Gasteiger partial charge in [0.15, 0.2) is 0 Å². The topological polar surface area (TPSA) is 35.9 Å². The van der Waals surface area contributed by atoms with Crippen molar-refractivity contribution < 1.29 is 9.84 Å². The second-order valence-electron chi connectivity index (χ2n) is 10.9. The number of rotatable bonds is 13. The van der Waals surface area contributed by atoms with Gasteiger partial charge in [0.2, 0.25) is 0 Å². The van der Waals surface area contributed by atoms with E-state index in [0.717, 1.165) is 61.6 Å². The van der Waals surface area contributed by atoms with Crippen LogP contribution in [0.2, 0.25) is 0 Å². The molecular formula is C34H47ClN2O2. The minimum absolute atomic E-state index is 0. The summed E-state index contributed by atoms with van der Waals surface area (Å²) in [5.41, 5.74) is 5.64. The molecule has 0 saturated carbocycles. The molecule has 5 heteroatoms. The van der Waals surface area contributed by atoms with Gasteiger partial charge in [0, 0.05) is 26.2 Å². The predicted octanol–water partition coefficient (Wildman–Crippen LogP) is 7.87. The third-order valence-corrected chi connectivity index (χ3v) is 8.14. The third kappa shape index (κ3) is 8.73. The Balaban J connectivity index is 0.00000420. The summed E-state index contributed by atoms with van der Waals surface area (Å²) in [5, 5.41) is 10.1. The van der Waals surface area contributed by atoms with E-state index in [1.54, 1.807) is 0 Å². The van der Waals surface area contributed by atoms with Crippen LogP contribution in [0.5, 0.6) is 11.5 Å². The van der Waals surface area contributed by atoms with Gasteiger partial charge in [-0.2, -0.15) is 0 Å². The Bertz CT molecular complexity index is 1080. The van der Waals surface area contributed by atoms with Gasteiger partial charge in [-0.15, -0.1) is 12.4 Å². The van der Waals surface area contributed by atoms with Crippen LogP contribution in [0.4, 0.5) is 0 Å². The monoisotopic (exact) mass is 550 g/mol. The number of hydrogen-bond acceptors (Lipinski definition) is 4. The van der Waals surface area contributed by atoms with E-state index in [2.05, 4.69) is 70.5 Å². The summed E-state index contributed by atoms with van der Waals surface area (Å²) in [6.07, 6.45) is 7.49. The molecule has 39 heavy (non-hydrogen) atoms. The van der Waals surface area contributed by atoms with Crippen LogP contribution in [-0.2, 0) is 0 Å². The van der Waals surface area contributed by atoms with E-state index in [0.29, 0.717) is 11.8 Å². The molecule has 0 unspecified atom stereocenters. The highest BCUT2D eigenvalue weighted by molar-refractivity contribution is 5.85. The molecule has 4 nitrogen and oxygen atoms in total. The molecule has 1 heterocycles. The van der Waals surface area contributed by atoms with Crippen molar-refractivity contribution in [2.24, 2.45) is 0 Å². The summed E-state index contributed by atoms with van der Waals surface area (Å²) in [6.45, 7) is 12.4. The Kier molecular flexibility index (Phi) is 12.6. The molecule has 4 rings (SSSR count). The van der Waals surface area contributed by atoms with Crippen LogP contribution in [0.15, 0.2) is 66.7 Å². The lowest BCUT2D eigenvalue weighted by Gasteiger charge is -2.39. The average Bonchev–Trinajstić information content (AvgIpc) is 2.95. The van der Waals surface area contributed by atoms with E-state index < -0.39 is 0 Å². The van der Waals surface area contributed by atoms with Crippen molar-refractivity contribution >= 4 is 12.4 Å². The van der Waals surface area contributed by atoms with Gasteiger partial charge in [0.1, 0.15) is 11.5 Å². The van der Waals surface area contributed by atoms with Crippen LogP contribution in [0.3, 0.4) is 0 Å². The Morgan fingerprint density at radius 1 is 0.718 bits per heavy atom. The van der Waals surface area contributed by atoms with Crippen LogP contribution < -0.4 is 4.74 Å². The van der Waals surface area contributed by atoms with Crippen LogP contribution >= 0.6 is 12.4 Å². The molecule has 212 valence electrons. The highest BCUT2D eigenvalue weighted by Gasteiger charge is 2.26. The maximum Gasteiger partial charge on any atom is 0.122 e. The standard InChI is InChI=1S/C34H46N2O2.ClH/c1-27-26-32(28(2)29(3)34(27)37)38-25-15-7-5-4-6-14-20-35-21-23-36(24-22-35)33(30-16-10-8-11-17-30)31-18-12-9-13-19-31;/h8-13,16-19,26,33,37H,4-7,14-15,20-25H2,1-3H3;1H. The van der Waals surface area contributed by atoms with Crippen LogP contribution in [0.1, 0.15) is 72.4 Å². The first kappa shape index (κ1) is 31.0. The quantitative estimate of drug-likeness (QED) is 0.220. The van der Waals surface area contributed by atoms with Gasteiger partial charge in [-0.05, 0) is 74.0 Å². The minimum Gasteiger partial charge on any atom is -0.507 e. The van der Waals surface area contributed by atoms with Crippen LogP contribution in [0.25, 0.3) is 0 Å². The Morgan fingerprint density at radius 2 is 1.26 bits per heavy atom. The summed E-state index contributed by atoms with van der Waals surface area (Å²) in [4.78, 5) is 5.31. The number of phenols is 1. The maximum absolute atomic E-state index is 10.1. The number of ether oxygens (including phenoxy) is 1. The molecule has 0 amide bonds. The van der Waals surface area contributed by atoms with Crippen LogP contribution in [0, 0.1) is 20.8 Å². The van der Waals surface area contributed by atoms with Crippen molar-refractivity contribution in [1.29, 1.82) is 0 Å². The van der Waals surface area contributed by atoms with Gasteiger partial charge in [0.25, 0.3) is 0 Å². The number of unbranched alkanes of at least 4 members (excludes halogenated alkanes) is 5. The first-order valence-electron chi connectivity index (χ1n) is 14.5. The number of halogens is 1. The second kappa shape index (κ2) is 15.9. The van der Waals surface area contributed by atoms with E-state index in [-0.39, 0.29) is 12.4 Å². The molecular weight excluding hydrogens is 504 g/mol. The number of piperazine rings is 1. The Hall–Kier alpha value is -2.53. The highest BCUT2D eigenvalue weighted by atomic mass is 35.5. The Morgan fingerprint density at radius 3 is 1.85 bits per heavy atom.